The van der Waals surface area contributed by atoms with Crippen LogP contribution in [0.2, 0.25) is 0 Å². The van der Waals surface area contributed by atoms with E-state index >= 15 is 0 Å². The second-order valence-electron chi connectivity index (χ2n) is 5.85. The molecule has 0 aliphatic carbocycles. The maximum absolute atomic E-state index is 4.92. The molecule has 0 bridgehead atoms. The lowest BCUT2D eigenvalue weighted by Gasteiger charge is -2.21. The number of aromatic nitrogens is 2. The first kappa shape index (κ1) is 14.2. The van der Waals surface area contributed by atoms with Crippen molar-refractivity contribution in [3.63, 3.8) is 0 Å². The molecule has 1 N–H and O–H groups in total. The van der Waals surface area contributed by atoms with Gasteiger partial charge in [-0.25, -0.2) is 9.97 Å². The van der Waals surface area contributed by atoms with Gasteiger partial charge in [0.25, 0.3) is 0 Å². The van der Waals surface area contributed by atoms with Crippen molar-refractivity contribution in [1.29, 1.82) is 0 Å². The Morgan fingerprint density at radius 1 is 0.826 bits per heavy atom. The maximum atomic E-state index is 4.92. The quantitative estimate of drug-likeness (QED) is 0.790. The Morgan fingerprint density at radius 2 is 1.65 bits per heavy atom. The molecule has 4 rings (SSSR count). The summed E-state index contributed by atoms with van der Waals surface area (Å²) in [5.74, 6) is 0.839. The number of fused-ring (bicyclic) bond motifs is 1. The predicted molar refractivity (Wildman–Crippen MR) is 94.7 cm³/mol. The van der Waals surface area contributed by atoms with Crippen molar-refractivity contribution in [1.82, 2.24) is 15.3 Å². The topological polar surface area (TPSA) is 41.1 Å². The van der Waals surface area contributed by atoms with Crippen molar-refractivity contribution < 1.29 is 0 Å². The van der Waals surface area contributed by atoms with Crippen LogP contribution in [0.1, 0.15) is 6.42 Å². The van der Waals surface area contributed by atoms with Crippen molar-refractivity contribution in [3.8, 4) is 11.3 Å². The average molecular weight is 304 g/mol. The highest BCUT2D eigenvalue weighted by Crippen LogP contribution is 2.28. The smallest absolute Gasteiger partial charge is 0.226 e. The molecule has 116 valence electrons. The Bertz CT molecular complexity index is 793. The van der Waals surface area contributed by atoms with Crippen molar-refractivity contribution in [2.75, 3.05) is 31.1 Å². The average Bonchev–Trinajstić information content (AvgIpc) is 2.91. The summed E-state index contributed by atoms with van der Waals surface area (Å²) in [5.41, 5.74) is 3.16. The van der Waals surface area contributed by atoms with E-state index in [2.05, 4.69) is 46.6 Å². The number of anilines is 1. The molecule has 1 aromatic heterocycles. The third-order valence-electron chi connectivity index (χ3n) is 4.26. The standard InChI is InChI=1S/C19H20N4/c1-2-7-15(8-3-1)18-16-9-4-5-10-17(16)21-19(22-18)23-13-6-11-20-12-14-23/h1-5,7-10,20H,6,11-14H2. The summed E-state index contributed by atoms with van der Waals surface area (Å²) in [5, 5.41) is 4.54. The SMILES string of the molecule is c1ccc(-c2nc(N3CCCNCC3)nc3ccccc23)cc1. The largest absolute Gasteiger partial charge is 0.339 e. The minimum Gasteiger partial charge on any atom is -0.339 e. The number of benzene rings is 2. The highest BCUT2D eigenvalue weighted by Gasteiger charge is 2.15. The van der Waals surface area contributed by atoms with Gasteiger partial charge in [0.05, 0.1) is 11.2 Å². The first-order valence-corrected chi connectivity index (χ1v) is 8.20. The summed E-state index contributed by atoms with van der Waals surface area (Å²) in [7, 11) is 0. The number of nitrogens with one attached hydrogen (secondary N) is 1. The molecule has 0 spiro atoms. The molecule has 2 heterocycles. The molecule has 0 radical (unpaired) electrons. The molecule has 1 aliphatic rings. The molecule has 4 nitrogen and oxygen atoms in total. The molecule has 1 saturated heterocycles. The Labute approximate surface area is 136 Å². The Balaban J connectivity index is 1.86. The van der Waals surface area contributed by atoms with Crippen molar-refractivity contribution in [3.05, 3.63) is 54.6 Å². The summed E-state index contributed by atoms with van der Waals surface area (Å²) in [6.07, 6.45) is 1.12. The first-order valence-electron chi connectivity index (χ1n) is 8.20. The molecule has 4 heteroatoms. The summed E-state index contributed by atoms with van der Waals surface area (Å²) in [4.78, 5) is 12.0. The van der Waals surface area contributed by atoms with Crippen LogP contribution >= 0.6 is 0 Å². The van der Waals surface area contributed by atoms with Crippen LogP contribution in [-0.2, 0) is 0 Å². The van der Waals surface area contributed by atoms with Gasteiger partial charge in [-0.2, -0.15) is 0 Å². The molecule has 1 aliphatic heterocycles. The molecule has 23 heavy (non-hydrogen) atoms. The molecule has 0 saturated carbocycles. The van der Waals surface area contributed by atoms with Gasteiger partial charge in [0.1, 0.15) is 0 Å². The third-order valence-corrected chi connectivity index (χ3v) is 4.26. The Hall–Kier alpha value is -2.46. The molecule has 1 fully saturated rings. The Kier molecular flexibility index (Phi) is 3.90. The zero-order valence-electron chi connectivity index (χ0n) is 13.1. The first-order chi connectivity index (χ1) is 11.4. The van der Waals surface area contributed by atoms with Gasteiger partial charge in [-0.05, 0) is 19.0 Å². The third kappa shape index (κ3) is 2.90. The van der Waals surface area contributed by atoms with E-state index in [1.807, 2.05) is 18.2 Å². The molecular formula is C19H20N4. The van der Waals surface area contributed by atoms with Gasteiger partial charge in [-0.15, -0.1) is 0 Å². The van der Waals surface area contributed by atoms with Crippen molar-refractivity contribution in [2.45, 2.75) is 6.42 Å². The minimum absolute atomic E-state index is 0.839. The van der Waals surface area contributed by atoms with Gasteiger partial charge < -0.3 is 10.2 Å². The number of rotatable bonds is 2. The zero-order valence-corrected chi connectivity index (χ0v) is 13.1. The normalized spacial score (nSPS) is 15.6. The van der Waals surface area contributed by atoms with E-state index in [0.717, 1.165) is 60.7 Å². The fourth-order valence-electron chi connectivity index (χ4n) is 3.07. The lowest BCUT2D eigenvalue weighted by atomic mass is 10.1. The molecule has 2 aromatic carbocycles. The second kappa shape index (κ2) is 6.34. The molecule has 0 unspecified atom stereocenters. The van der Waals surface area contributed by atoms with E-state index in [1.54, 1.807) is 0 Å². The van der Waals surface area contributed by atoms with Gasteiger partial charge in [0.15, 0.2) is 0 Å². The number of hydrogen-bond donors (Lipinski definition) is 1. The van der Waals surface area contributed by atoms with Crippen molar-refractivity contribution in [2.24, 2.45) is 0 Å². The van der Waals surface area contributed by atoms with Gasteiger partial charge in [-0.3, -0.25) is 0 Å². The summed E-state index contributed by atoms with van der Waals surface area (Å²) in [6, 6.07) is 18.6. The highest BCUT2D eigenvalue weighted by atomic mass is 15.3. The van der Waals surface area contributed by atoms with E-state index in [-0.39, 0.29) is 0 Å². The van der Waals surface area contributed by atoms with E-state index in [0.29, 0.717) is 0 Å². The monoisotopic (exact) mass is 304 g/mol. The van der Waals surface area contributed by atoms with Gasteiger partial charge in [-0.1, -0.05) is 48.5 Å². The van der Waals surface area contributed by atoms with Crippen LogP contribution in [0.5, 0.6) is 0 Å². The van der Waals surface area contributed by atoms with Gasteiger partial charge in [0.2, 0.25) is 5.95 Å². The zero-order chi connectivity index (χ0) is 15.5. The van der Waals surface area contributed by atoms with Crippen molar-refractivity contribution >= 4 is 16.9 Å². The van der Waals surface area contributed by atoms with E-state index in [9.17, 15) is 0 Å². The van der Waals surface area contributed by atoms with Crippen LogP contribution in [0.4, 0.5) is 5.95 Å². The van der Waals surface area contributed by atoms with Crippen LogP contribution in [0.25, 0.3) is 22.2 Å². The van der Waals surface area contributed by atoms with Crippen LogP contribution in [-0.4, -0.2) is 36.1 Å². The summed E-state index contributed by atoms with van der Waals surface area (Å²) >= 11 is 0. The molecule has 0 atom stereocenters. The van der Waals surface area contributed by atoms with Crippen LogP contribution < -0.4 is 10.2 Å². The number of hydrogen-bond acceptors (Lipinski definition) is 4. The van der Waals surface area contributed by atoms with Gasteiger partial charge >= 0.3 is 0 Å². The van der Waals surface area contributed by atoms with Crippen LogP contribution in [0.3, 0.4) is 0 Å². The van der Waals surface area contributed by atoms with E-state index < -0.39 is 0 Å². The molecule has 0 amide bonds. The highest BCUT2D eigenvalue weighted by molar-refractivity contribution is 5.93. The van der Waals surface area contributed by atoms with E-state index in [1.165, 1.54) is 0 Å². The second-order valence-corrected chi connectivity index (χ2v) is 5.85. The van der Waals surface area contributed by atoms with E-state index in [4.69, 9.17) is 9.97 Å². The van der Waals surface area contributed by atoms with Gasteiger partial charge in [0, 0.05) is 30.6 Å². The lowest BCUT2D eigenvalue weighted by Crippen LogP contribution is -2.29. The fourth-order valence-corrected chi connectivity index (χ4v) is 3.07. The molecule has 3 aromatic rings. The molecular weight excluding hydrogens is 284 g/mol. The maximum Gasteiger partial charge on any atom is 0.226 e. The van der Waals surface area contributed by atoms with Crippen LogP contribution in [0.15, 0.2) is 54.6 Å². The number of para-hydroxylation sites is 1. The predicted octanol–water partition coefficient (Wildman–Crippen LogP) is 3.10. The lowest BCUT2D eigenvalue weighted by molar-refractivity contribution is 0.724. The Morgan fingerprint density at radius 3 is 2.57 bits per heavy atom. The van der Waals surface area contributed by atoms with Crippen LogP contribution in [0, 0.1) is 0 Å². The number of nitrogens with zero attached hydrogens (tertiary/aromatic N) is 3. The summed E-state index contributed by atoms with van der Waals surface area (Å²) in [6.45, 7) is 4.00. The fraction of sp³-hybridized carbons (Fsp3) is 0.263. The minimum atomic E-state index is 0.839. The summed E-state index contributed by atoms with van der Waals surface area (Å²) < 4.78 is 0.